The third-order valence-electron chi connectivity index (χ3n) is 3.46. The van der Waals surface area contributed by atoms with Gasteiger partial charge in [0.25, 0.3) is 5.91 Å². The first-order valence-corrected chi connectivity index (χ1v) is 8.34. The normalized spacial score (nSPS) is 10.8. The molecule has 0 atom stereocenters. The first kappa shape index (κ1) is 14.7. The van der Waals surface area contributed by atoms with E-state index in [2.05, 4.69) is 40.9 Å². The van der Waals surface area contributed by atoms with Crippen molar-refractivity contribution in [3.05, 3.63) is 66.0 Å². The minimum Gasteiger partial charge on any atom is -0.350 e. The van der Waals surface area contributed by atoms with Gasteiger partial charge in [0.15, 0.2) is 5.69 Å². The number of hydrogen-bond donors (Lipinski definition) is 1. The largest absolute Gasteiger partial charge is 0.350 e. The molecule has 0 aliphatic heterocycles. The smallest absolute Gasteiger partial charge is 0.271 e. The van der Waals surface area contributed by atoms with Gasteiger partial charge in [-0.3, -0.25) is 4.79 Å². The van der Waals surface area contributed by atoms with Crippen molar-refractivity contribution in [1.82, 2.24) is 14.9 Å². The molecule has 1 N–H and O–H groups in total. The zero-order chi connectivity index (χ0) is 15.4. The first-order valence-electron chi connectivity index (χ1n) is 7.12. The number of rotatable bonds is 5. The molecule has 3 aromatic rings. The van der Waals surface area contributed by atoms with Gasteiger partial charge < -0.3 is 5.32 Å². The lowest BCUT2D eigenvalue weighted by Crippen LogP contribution is -2.26. The van der Waals surface area contributed by atoms with Gasteiger partial charge in [-0.15, -0.1) is 11.8 Å². The van der Waals surface area contributed by atoms with E-state index in [1.165, 1.54) is 10.5 Å². The second-order valence-electron chi connectivity index (χ2n) is 4.95. The molecule has 0 aliphatic carbocycles. The van der Waals surface area contributed by atoms with Crippen molar-refractivity contribution < 1.29 is 4.79 Å². The fourth-order valence-electron chi connectivity index (χ4n) is 2.25. The van der Waals surface area contributed by atoms with Gasteiger partial charge in [-0.25, -0.2) is 4.52 Å². The van der Waals surface area contributed by atoms with Crippen molar-refractivity contribution in [3.8, 4) is 0 Å². The lowest BCUT2D eigenvalue weighted by molar-refractivity contribution is 0.0949. The van der Waals surface area contributed by atoms with Crippen LogP contribution >= 0.6 is 11.8 Å². The van der Waals surface area contributed by atoms with Crippen LogP contribution in [0.15, 0.2) is 59.6 Å². The summed E-state index contributed by atoms with van der Waals surface area (Å²) < 4.78 is 1.70. The molecule has 1 aromatic carbocycles. The van der Waals surface area contributed by atoms with E-state index in [-0.39, 0.29) is 5.91 Å². The minimum atomic E-state index is -0.135. The van der Waals surface area contributed by atoms with Crippen molar-refractivity contribution in [3.63, 3.8) is 0 Å². The van der Waals surface area contributed by atoms with Crippen LogP contribution in [0.2, 0.25) is 0 Å². The average Bonchev–Trinajstić information content (AvgIpc) is 2.99. The Morgan fingerprint density at radius 1 is 1.23 bits per heavy atom. The van der Waals surface area contributed by atoms with E-state index < -0.39 is 0 Å². The van der Waals surface area contributed by atoms with Crippen molar-refractivity contribution >= 4 is 23.2 Å². The molecule has 0 fully saturated rings. The van der Waals surface area contributed by atoms with Crippen LogP contribution in [-0.2, 0) is 6.42 Å². The Kier molecular flexibility index (Phi) is 4.44. The molecule has 1 amide bonds. The summed E-state index contributed by atoms with van der Waals surface area (Å²) in [6, 6.07) is 15.9. The number of amides is 1. The number of nitrogens with zero attached hydrogens (tertiary/aromatic N) is 2. The Balaban J connectivity index is 1.57. The summed E-state index contributed by atoms with van der Waals surface area (Å²) in [6.07, 6.45) is 4.71. The molecule has 112 valence electrons. The van der Waals surface area contributed by atoms with Crippen LogP contribution in [0.3, 0.4) is 0 Å². The van der Waals surface area contributed by atoms with Gasteiger partial charge in [0.1, 0.15) is 0 Å². The SMILES string of the molecule is CSc1ccc(CCNC(=O)c2cc3ccccn3n2)cc1. The minimum absolute atomic E-state index is 0.135. The standard InChI is InChI=1S/C17H17N3OS/c1-22-15-7-5-13(6-8-15)9-10-18-17(21)16-12-14-4-2-3-11-20(14)19-16/h2-8,11-12H,9-10H2,1H3,(H,18,21). The Labute approximate surface area is 133 Å². The molecule has 0 spiro atoms. The van der Waals surface area contributed by atoms with Gasteiger partial charge in [-0.1, -0.05) is 18.2 Å². The highest BCUT2D eigenvalue weighted by molar-refractivity contribution is 7.98. The highest BCUT2D eigenvalue weighted by Gasteiger charge is 2.09. The Hall–Kier alpha value is -2.27. The van der Waals surface area contributed by atoms with Crippen molar-refractivity contribution in [2.45, 2.75) is 11.3 Å². The summed E-state index contributed by atoms with van der Waals surface area (Å²) in [5.41, 5.74) is 2.58. The van der Waals surface area contributed by atoms with Crippen LogP contribution in [0, 0.1) is 0 Å². The van der Waals surface area contributed by atoms with Gasteiger partial charge in [0.2, 0.25) is 0 Å². The predicted octanol–water partition coefficient (Wildman–Crippen LogP) is 3.03. The van der Waals surface area contributed by atoms with E-state index in [1.54, 1.807) is 22.3 Å². The van der Waals surface area contributed by atoms with Gasteiger partial charge in [0, 0.05) is 17.6 Å². The average molecular weight is 311 g/mol. The third kappa shape index (κ3) is 3.31. The fourth-order valence-corrected chi connectivity index (χ4v) is 2.66. The molecule has 0 bridgehead atoms. The molecular formula is C17H17N3OS. The van der Waals surface area contributed by atoms with Crippen LogP contribution in [0.1, 0.15) is 16.1 Å². The topological polar surface area (TPSA) is 46.4 Å². The van der Waals surface area contributed by atoms with Gasteiger partial charge in [-0.2, -0.15) is 5.10 Å². The van der Waals surface area contributed by atoms with Crippen LogP contribution in [0.25, 0.3) is 5.52 Å². The zero-order valence-electron chi connectivity index (χ0n) is 12.3. The Morgan fingerprint density at radius 3 is 2.77 bits per heavy atom. The monoisotopic (exact) mass is 311 g/mol. The lowest BCUT2D eigenvalue weighted by atomic mass is 10.1. The molecule has 5 heteroatoms. The molecule has 0 saturated heterocycles. The number of thioether (sulfide) groups is 1. The molecule has 2 aromatic heterocycles. The van der Waals surface area contributed by atoms with Crippen LogP contribution in [-0.4, -0.2) is 28.3 Å². The van der Waals surface area contributed by atoms with Crippen molar-refractivity contribution in [2.24, 2.45) is 0 Å². The molecule has 0 saturated carbocycles. The summed E-state index contributed by atoms with van der Waals surface area (Å²) >= 11 is 1.73. The number of carbonyl (C=O) groups is 1. The number of aromatic nitrogens is 2. The molecular weight excluding hydrogens is 294 g/mol. The van der Waals surface area contributed by atoms with Gasteiger partial charge in [0.05, 0.1) is 5.52 Å². The van der Waals surface area contributed by atoms with E-state index in [0.717, 1.165) is 11.9 Å². The van der Waals surface area contributed by atoms with Gasteiger partial charge >= 0.3 is 0 Å². The number of hydrogen-bond acceptors (Lipinski definition) is 3. The van der Waals surface area contributed by atoms with E-state index >= 15 is 0 Å². The van der Waals surface area contributed by atoms with Crippen LogP contribution in [0.5, 0.6) is 0 Å². The van der Waals surface area contributed by atoms with E-state index in [4.69, 9.17) is 0 Å². The molecule has 0 aliphatic rings. The summed E-state index contributed by atoms with van der Waals surface area (Å²) in [5.74, 6) is -0.135. The molecule has 4 nitrogen and oxygen atoms in total. The summed E-state index contributed by atoms with van der Waals surface area (Å²) in [6.45, 7) is 0.602. The highest BCUT2D eigenvalue weighted by atomic mass is 32.2. The van der Waals surface area contributed by atoms with E-state index in [0.29, 0.717) is 12.2 Å². The van der Waals surface area contributed by atoms with Crippen molar-refractivity contribution in [2.75, 3.05) is 12.8 Å². The maximum Gasteiger partial charge on any atom is 0.271 e. The summed E-state index contributed by atoms with van der Waals surface area (Å²) in [5, 5.41) is 7.18. The molecule has 22 heavy (non-hydrogen) atoms. The van der Waals surface area contributed by atoms with Crippen LogP contribution in [0.4, 0.5) is 0 Å². The number of nitrogens with one attached hydrogen (secondary N) is 1. The number of fused-ring (bicyclic) bond motifs is 1. The predicted molar refractivity (Wildman–Crippen MR) is 89.5 cm³/mol. The quantitative estimate of drug-likeness (QED) is 0.737. The maximum absolute atomic E-state index is 12.1. The number of carbonyl (C=O) groups excluding carboxylic acids is 1. The Morgan fingerprint density at radius 2 is 2.05 bits per heavy atom. The van der Waals surface area contributed by atoms with E-state index in [1.807, 2.05) is 24.4 Å². The second kappa shape index (κ2) is 6.66. The number of pyridine rings is 1. The highest BCUT2D eigenvalue weighted by Crippen LogP contribution is 2.14. The maximum atomic E-state index is 12.1. The second-order valence-corrected chi connectivity index (χ2v) is 5.83. The van der Waals surface area contributed by atoms with Gasteiger partial charge in [-0.05, 0) is 48.6 Å². The molecule has 0 radical (unpaired) electrons. The van der Waals surface area contributed by atoms with E-state index in [9.17, 15) is 4.79 Å². The Bertz CT molecular complexity index is 747. The third-order valence-corrected chi connectivity index (χ3v) is 4.20. The zero-order valence-corrected chi connectivity index (χ0v) is 13.1. The molecule has 2 heterocycles. The lowest BCUT2D eigenvalue weighted by Gasteiger charge is -2.04. The first-order chi connectivity index (χ1) is 10.8. The molecule has 3 rings (SSSR count). The van der Waals surface area contributed by atoms with Crippen LogP contribution < -0.4 is 5.32 Å². The van der Waals surface area contributed by atoms with Crippen molar-refractivity contribution in [1.29, 1.82) is 0 Å². The fraction of sp³-hybridized carbons (Fsp3) is 0.176. The summed E-state index contributed by atoms with van der Waals surface area (Å²) in [4.78, 5) is 13.4. The summed E-state index contributed by atoms with van der Waals surface area (Å²) in [7, 11) is 0. The number of benzene rings is 1. The molecule has 0 unspecified atom stereocenters.